The van der Waals surface area contributed by atoms with Gasteiger partial charge in [0.25, 0.3) is 0 Å². The number of likely N-dealkylation sites (tertiary alicyclic amines) is 1. The normalized spacial score (nSPS) is 34.0. The molecule has 0 radical (unpaired) electrons. The van der Waals surface area contributed by atoms with Crippen LogP contribution in [0.1, 0.15) is 52.9 Å². The lowest BCUT2D eigenvalue weighted by molar-refractivity contribution is 0.0496. The number of nitrogens with one attached hydrogen (secondary N) is 1. The Kier molecular flexibility index (Phi) is 5.49. The van der Waals surface area contributed by atoms with Gasteiger partial charge in [-0.3, -0.25) is 0 Å². The predicted octanol–water partition coefficient (Wildman–Crippen LogP) is 2.49. The van der Waals surface area contributed by atoms with E-state index in [1.165, 1.54) is 38.9 Å². The molecule has 118 valence electrons. The highest BCUT2D eigenvalue weighted by atomic mass is 16.3. The van der Waals surface area contributed by atoms with E-state index < -0.39 is 0 Å². The summed E-state index contributed by atoms with van der Waals surface area (Å²) in [6.07, 6.45) is 6.21. The smallest absolute Gasteiger partial charge is 0.0541 e. The second-order valence-corrected chi connectivity index (χ2v) is 7.94. The lowest BCUT2D eigenvalue weighted by Gasteiger charge is -2.44. The Balaban J connectivity index is 1.85. The summed E-state index contributed by atoms with van der Waals surface area (Å²) in [7, 11) is 2.12. The standard InChI is InChI=1S/C17H34N2O/c1-13(20)14-6-9-19(10-7-14)12-15-11-17(2,3)8-5-16(15)18-4/h13-16,18,20H,5-12H2,1-4H3. The van der Waals surface area contributed by atoms with Crippen molar-refractivity contribution < 1.29 is 5.11 Å². The van der Waals surface area contributed by atoms with Gasteiger partial charge in [0.1, 0.15) is 0 Å². The zero-order chi connectivity index (χ0) is 14.8. The maximum Gasteiger partial charge on any atom is 0.0541 e. The topological polar surface area (TPSA) is 35.5 Å². The Morgan fingerprint density at radius 1 is 1.25 bits per heavy atom. The molecule has 2 aliphatic rings. The summed E-state index contributed by atoms with van der Waals surface area (Å²) in [5.74, 6) is 1.31. The number of aliphatic hydroxyl groups is 1. The molecule has 0 spiro atoms. The minimum Gasteiger partial charge on any atom is -0.393 e. The van der Waals surface area contributed by atoms with Crippen LogP contribution in [-0.4, -0.2) is 48.8 Å². The molecular formula is C17H34N2O. The third kappa shape index (κ3) is 4.19. The summed E-state index contributed by atoms with van der Waals surface area (Å²) in [4.78, 5) is 2.63. The first-order valence-electron chi connectivity index (χ1n) is 8.49. The van der Waals surface area contributed by atoms with Crippen molar-refractivity contribution in [2.75, 3.05) is 26.7 Å². The van der Waals surface area contributed by atoms with E-state index in [0.29, 0.717) is 17.4 Å². The quantitative estimate of drug-likeness (QED) is 0.831. The molecule has 3 unspecified atom stereocenters. The Hall–Kier alpha value is -0.120. The molecule has 1 saturated carbocycles. The van der Waals surface area contributed by atoms with Crippen LogP contribution in [0.3, 0.4) is 0 Å². The van der Waals surface area contributed by atoms with E-state index in [4.69, 9.17) is 0 Å². The second kappa shape index (κ2) is 6.76. The average Bonchev–Trinajstić information content (AvgIpc) is 2.38. The maximum atomic E-state index is 9.71. The first-order valence-corrected chi connectivity index (χ1v) is 8.49. The van der Waals surface area contributed by atoms with Crippen molar-refractivity contribution in [3.63, 3.8) is 0 Å². The van der Waals surface area contributed by atoms with Gasteiger partial charge in [-0.2, -0.15) is 0 Å². The molecule has 2 N–H and O–H groups in total. The van der Waals surface area contributed by atoms with Crippen molar-refractivity contribution in [2.24, 2.45) is 17.3 Å². The molecule has 1 aliphatic carbocycles. The fourth-order valence-corrected chi connectivity index (χ4v) is 4.26. The number of nitrogens with zero attached hydrogens (tertiary/aromatic N) is 1. The highest BCUT2D eigenvalue weighted by Crippen LogP contribution is 2.39. The summed E-state index contributed by atoms with van der Waals surface area (Å²) < 4.78 is 0. The first kappa shape index (κ1) is 16.3. The molecule has 0 amide bonds. The summed E-state index contributed by atoms with van der Waals surface area (Å²) in [6.45, 7) is 10.4. The number of rotatable bonds is 4. The van der Waals surface area contributed by atoms with Gasteiger partial charge in [0.05, 0.1) is 6.10 Å². The van der Waals surface area contributed by atoms with E-state index in [0.717, 1.165) is 18.8 Å². The van der Waals surface area contributed by atoms with Crippen LogP contribution in [0.4, 0.5) is 0 Å². The molecule has 0 aromatic carbocycles. The van der Waals surface area contributed by atoms with E-state index in [1.54, 1.807) is 0 Å². The zero-order valence-corrected chi connectivity index (χ0v) is 13.9. The molecule has 0 aromatic rings. The van der Waals surface area contributed by atoms with Crippen molar-refractivity contribution in [2.45, 2.75) is 65.0 Å². The molecule has 0 bridgehead atoms. The Morgan fingerprint density at radius 2 is 1.90 bits per heavy atom. The predicted molar refractivity (Wildman–Crippen MR) is 84.8 cm³/mol. The van der Waals surface area contributed by atoms with Gasteiger partial charge in [-0.1, -0.05) is 13.8 Å². The van der Waals surface area contributed by atoms with Crippen LogP contribution in [-0.2, 0) is 0 Å². The molecule has 3 atom stereocenters. The van der Waals surface area contributed by atoms with Crippen LogP contribution in [0.25, 0.3) is 0 Å². The molecule has 3 heteroatoms. The van der Waals surface area contributed by atoms with Gasteiger partial charge < -0.3 is 15.3 Å². The molecule has 1 aliphatic heterocycles. The van der Waals surface area contributed by atoms with Crippen molar-refractivity contribution in [1.82, 2.24) is 10.2 Å². The molecule has 2 fully saturated rings. The van der Waals surface area contributed by atoms with Gasteiger partial charge in [-0.05, 0) is 76.4 Å². The van der Waals surface area contributed by atoms with Crippen LogP contribution in [0.2, 0.25) is 0 Å². The van der Waals surface area contributed by atoms with E-state index >= 15 is 0 Å². The summed E-state index contributed by atoms with van der Waals surface area (Å²) in [5, 5.41) is 13.2. The zero-order valence-electron chi connectivity index (χ0n) is 13.9. The third-order valence-electron chi connectivity index (χ3n) is 5.69. The lowest BCUT2D eigenvalue weighted by Crippen LogP contribution is -2.48. The summed E-state index contributed by atoms with van der Waals surface area (Å²) in [6, 6.07) is 0.692. The summed E-state index contributed by atoms with van der Waals surface area (Å²) in [5.41, 5.74) is 0.510. The monoisotopic (exact) mass is 282 g/mol. The van der Waals surface area contributed by atoms with Gasteiger partial charge in [0, 0.05) is 12.6 Å². The Morgan fingerprint density at radius 3 is 2.45 bits per heavy atom. The minimum absolute atomic E-state index is 0.129. The van der Waals surface area contributed by atoms with Gasteiger partial charge >= 0.3 is 0 Å². The van der Waals surface area contributed by atoms with Crippen molar-refractivity contribution in [3.05, 3.63) is 0 Å². The molecular weight excluding hydrogens is 248 g/mol. The number of hydrogen-bond acceptors (Lipinski definition) is 3. The fraction of sp³-hybridized carbons (Fsp3) is 1.00. The van der Waals surface area contributed by atoms with Gasteiger partial charge in [0.15, 0.2) is 0 Å². The van der Waals surface area contributed by atoms with E-state index in [9.17, 15) is 5.11 Å². The molecule has 1 heterocycles. The number of aliphatic hydroxyl groups excluding tert-OH is 1. The first-order chi connectivity index (χ1) is 9.41. The van der Waals surface area contributed by atoms with Crippen LogP contribution in [0.5, 0.6) is 0 Å². The van der Waals surface area contributed by atoms with Crippen LogP contribution in [0.15, 0.2) is 0 Å². The van der Waals surface area contributed by atoms with Crippen LogP contribution in [0, 0.1) is 17.3 Å². The minimum atomic E-state index is -0.129. The molecule has 1 saturated heterocycles. The molecule has 20 heavy (non-hydrogen) atoms. The Labute approximate surface area is 125 Å². The van der Waals surface area contributed by atoms with Crippen LogP contribution < -0.4 is 5.32 Å². The number of piperidine rings is 1. The summed E-state index contributed by atoms with van der Waals surface area (Å²) >= 11 is 0. The average molecular weight is 282 g/mol. The second-order valence-electron chi connectivity index (χ2n) is 7.94. The van der Waals surface area contributed by atoms with E-state index in [1.807, 2.05) is 6.92 Å². The maximum absolute atomic E-state index is 9.71. The Bertz CT molecular complexity index is 295. The molecule has 2 rings (SSSR count). The van der Waals surface area contributed by atoms with Gasteiger partial charge in [-0.15, -0.1) is 0 Å². The van der Waals surface area contributed by atoms with E-state index in [2.05, 4.69) is 31.1 Å². The highest BCUT2D eigenvalue weighted by Gasteiger charge is 2.35. The highest BCUT2D eigenvalue weighted by molar-refractivity contribution is 4.90. The van der Waals surface area contributed by atoms with Gasteiger partial charge in [-0.25, -0.2) is 0 Å². The SMILES string of the molecule is CNC1CCC(C)(C)CC1CN1CCC(C(C)O)CC1. The van der Waals surface area contributed by atoms with Crippen molar-refractivity contribution in [1.29, 1.82) is 0 Å². The van der Waals surface area contributed by atoms with Crippen LogP contribution >= 0.6 is 0 Å². The third-order valence-corrected chi connectivity index (χ3v) is 5.69. The fourth-order valence-electron chi connectivity index (χ4n) is 4.26. The van der Waals surface area contributed by atoms with E-state index in [-0.39, 0.29) is 6.10 Å². The van der Waals surface area contributed by atoms with Crippen molar-refractivity contribution in [3.8, 4) is 0 Å². The number of hydrogen-bond donors (Lipinski definition) is 2. The largest absolute Gasteiger partial charge is 0.393 e. The van der Waals surface area contributed by atoms with Gasteiger partial charge in [0.2, 0.25) is 0 Å². The lowest BCUT2D eigenvalue weighted by atomic mass is 9.69. The molecule has 3 nitrogen and oxygen atoms in total. The molecule has 0 aromatic heterocycles. The van der Waals surface area contributed by atoms with Crippen molar-refractivity contribution >= 4 is 0 Å².